The third kappa shape index (κ3) is 3.82. The number of aromatic nitrogens is 1. The van der Waals surface area contributed by atoms with Crippen molar-refractivity contribution in [3.05, 3.63) is 65.9 Å². The van der Waals surface area contributed by atoms with Gasteiger partial charge in [-0.15, -0.1) is 0 Å². The minimum atomic E-state index is -2.94. The first kappa shape index (κ1) is 16.6. The van der Waals surface area contributed by atoms with Gasteiger partial charge in [-0.05, 0) is 30.3 Å². The van der Waals surface area contributed by atoms with Gasteiger partial charge in [-0.3, -0.25) is 4.79 Å². The Kier molecular flexibility index (Phi) is 4.74. The number of ether oxygens (including phenoxy) is 2. The molecular weight excluding hydrogens is 332 g/mol. The third-order valence-corrected chi connectivity index (χ3v) is 3.54. The number of alkyl halides is 2. The molecule has 128 valence electrons. The largest absolute Gasteiger partial charge is 0.454 e. The fraction of sp³-hybridized carbons (Fsp3) is 0.111. The molecule has 1 heterocycles. The highest BCUT2D eigenvalue weighted by Gasteiger charge is 2.15. The quantitative estimate of drug-likeness (QED) is 0.545. The number of Topliss-reactive ketones (excluding diaryl/α,β-unsaturated/α-hetero) is 1. The van der Waals surface area contributed by atoms with Crippen LogP contribution in [0.15, 0.2) is 54.7 Å². The SMILES string of the molecule is O=C(OCC(=O)c1c[nH]c2ccccc12)c1ccc(OC(F)F)cc1. The van der Waals surface area contributed by atoms with E-state index in [2.05, 4.69) is 9.72 Å². The van der Waals surface area contributed by atoms with E-state index in [0.717, 1.165) is 10.9 Å². The molecule has 0 radical (unpaired) electrons. The standard InChI is InChI=1S/C18H13F2NO4/c19-18(20)25-12-7-5-11(6-8-12)17(23)24-10-16(22)14-9-21-15-4-2-1-3-13(14)15/h1-9,18,21H,10H2. The Morgan fingerprint density at radius 2 is 1.76 bits per heavy atom. The minimum Gasteiger partial charge on any atom is -0.454 e. The summed E-state index contributed by atoms with van der Waals surface area (Å²) in [6, 6.07) is 12.3. The molecule has 0 aliphatic carbocycles. The first-order valence-electron chi connectivity index (χ1n) is 7.36. The predicted molar refractivity (Wildman–Crippen MR) is 86.0 cm³/mol. The topological polar surface area (TPSA) is 68.4 Å². The first-order valence-corrected chi connectivity index (χ1v) is 7.36. The molecule has 0 unspecified atom stereocenters. The number of carbonyl (C=O) groups is 2. The van der Waals surface area contributed by atoms with E-state index in [0.29, 0.717) is 5.56 Å². The van der Waals surface area contributed by atoms with E-state index >= 15 is 0 Å². The lowest BCUT2D eigenvalue weighted by molar-refractivity contribution is -0.0498. The zero-order valence-corrected chi connectivity index (χ0v) is 12.9. The maximum absolute atomic E-state index is 12.2. The Labute approximate surface area is 141 Å². The molecule has 5 nitrogen and oxygen atoms in total. The van der Waals surface area contributed by atoms with E-state index in [1.807, 2.05) is 18.2 Å². The molecule has 0 bridgehead atoms. The van der Waals surface area contributed by atoms with Crippen molar-refractivity contribution in [3.63, 3.8) is 0 Å². The summed E-state index contributed by atoms with van der Waals surface area (Å²) in [5, 5.41) is 0.747. The Hall–Kier alpha value is -3.22. The number of halogens is 2. The summed E-state index contributed by atoms with van der Waals surface area (Å²) in [6.45, 7) is -3.36. The molecule has 0 amide bonds. The van der Waals surface area contributed by atoms with Gasteiger partial charge in [0.25, 0.3) is 0 Å². The lowest BCUT2D eigenvalue weighted by Crippen LogP contribution is -2.14. The van der Waals surface area contributed by atoms with Crippen molar-refractivity contribution in [1.29, 1.82) is 0 Å². The maximum atomic E-state index is 12.2. The number of fused-ring (bicyclic) bond motifs is 1. The number of rotatable bonds is 6. The van der Waals surface area contributed by atoms with Gasteiger partial charge in [0.2, 0.25) is 5.78 Å². The molecule has 3 aromatic rings. The monoisotopic (exact) mass is 345 g/mol. The molecule has 2 aromatic carbocycles. The number of nitrogens with one attached hydrogen (secondary N) is 1. The normalized spacial score (nSPS) is 10.8. The third-order valence-electron chi connectivity index (χ3n) is 3.54. The van der Waals surface area contributed by atoms with E-state index in [9.17, 15) is 18.4 Å². The van der Waals surface area contributed by atoms with Crippen LogP contribution < -0.4 is 4.74 Å². The van der Waals surface area contributed by atoms with Crippen LogP contribution in [0.25, 0.3) is 10.9 Å². The maximum Gasteiger partial charge on any atom is 0.387 e. The van der Waals surface area contributed by atoms with Crippen molar-refractivity contribution < 1.29 is 27.8 Å². The molecule has 1 N–H and O–H groups in total. The van der Waals surface area contributed by atoms with E-state index in [-0.39, 0.29) is 17.1 Å². The molecule has 0 spiro atoms. The van der Waals surface area contributed by atoms with Gasteiger partial charge >= 0.3 is 12.6 Å². The molecule has 1 aromatic heterocycles. The molecule has 3 rings (SSSR count). The fourth-order valence-electron chi connectivity index (χ4n) is 2.37. The smallest absolute Gasteiger partial charge is 0.387 e. The molecule has 0 atom stereocenters. The van der Waals surface area contributed by atoms with Crippen molar-refractivity contribution in [3.8, 4) is 5.75 Å². The lowest BCUT2D eigenvalue weighted by Gasteiger charge is -2.06. The molecule has 25 heavy (non-hydrogen) atoms. The van der Waals surface area contributed by atoms with Gasteiger partial charge in [-0.2, -0.15) is 8.78 Å². The minimum absolute atomic E-state index is 0.0681. The average Bonchev–Trinajstić information content (AvgIpc) is 3.03. The molecule has 0 fully saturated rings. The number of H-pyrrole nitrogens is 1. The van der Waals surface area contributed by atoms with Gasteiger partial charge in [0.05, 0.1) is 5.56 Å². The number of hydrogen-bond donors (Lipinski definition) is 1. The zero-order valence-electron chi connectivity index (χ0n) is 12.9. The van der Waals surface area contributed by atoms with Crippen LogP contribution in [0.5, 0.6) is 5.75 Å². The molecule has 7 heteroatoms. The van der Waals surface area contributed by atoms with Crippen LogP contribution in [0.4, 0.5) is 8.78 Å². The van der Waals surface area contributed by atoms with Crippen LogP contribution in [-0.2, 0) is 4.74 Å². The molecule has 0 aliphatic rings. The molecule has 0 saturated heterocycles. The Morgan fingerprint density at radius 1 is 1.04 bits per heavy atom. The van der Waals surface area contributed by atoms with E-state index in [1.54, 1.807) is 12.3 Å². The lowest BCUT2D eigenvalue weighted by atomic mass is 10.1. The zero-order chi connectivity index (χ0) is 17.8. The van der Waals surface area contributed by atoms with Crippen LogP contribution in [0.3, 0.4) is 0 Å². The fourth-order valence-corrected chi connectivity index (χ4v) is 2.37. The van der Waals surface area contributed by atoms with Crippen molar-refractivity contribution in [2.45, 2.75) is 6.61 Å². The van der Waals surface area contributed by atoms with Crippen LogP contribution in [0.1, 0.15) is 20.7 Å². The predicted octanol–water partition coefficient (Wildman–Crippen LogP) is 3.81. The van der Waals surface area contributed by atoms with Gasteiger partial charge < -0.3 is 14.5 Å². The Morgan fingerprint density at radius 3 is 2.48 bits per heavy atom. The Bertz CT molecular complexity index is 903. The summed E-state index contributed by atoms with van der Waals surface area (Å²) in [5.41, 5.74) is 1.38. The summed E-state index contributed by atoms with van der Waals surface area (Å²) in [5.74, 6) is -1.14. The highest BCUT2D eigenvalue weighted by atomic mass is 19.3. The first-order chi connectivity index (χ1) is 12.0. The van der Waals surface area contributed by atoms with Gasteiger partial charge in [-0.25, -0.2) is 4.79 Å². The second-order valence-electron chi connectivity index (χ2n) is 5.15. The molecule has 0 aliphatic heterocycles. The number of benzene rings is 2. The van der Waals surface area contributed by atoms with Crippen molar-refractivity contribution in [2.24, 2.45) is 0 Å². The summed E-state index contributed by atoms with van der Waals surface area (Å²) in [6.07, 6.45) is 1.57. The van der Waals surface area contributed by atoms with Crippen LogP contribution in [0.2, 0.25) is 0 Å². The summed E-state index contributed by atoms with van der Waals surface area (Å²) < 4.78 is 33.3. The average molecular weight is 345 g/mol. The summed E-state index contributed by atoms with van der Waals surface area (Å²) in [7, 11) is 0. The number of carbonyl (C=O) groups excluding carboxylic acids is 2. The van der Waals surface area contributed by atoms with Gasteiger partial charge in [0.15, 0.2) is 6.61 Å². The number of para-hydroxylation sites is 1. The van der Waals surface area contributed by atoms with Gasteiger partial charge in [0.1, 0.15) is 5.75 Å². The highest BCUT2D eigenvalue weighted by Crippen LogP contribution is 2.19. The van der Waals surface area contributed by atoms with Crippen molar-refractivity contribution in [1.82, 2.24) is 4.98 Å². The summed E-state index contributed by atoms with van der Waals surface area (Å²) in [4.78, 5) is 27.1. The van der Waals surface area contributed by atoms with E-state index < -0.39 is 19.2 Å². The molecular formula is C18H13F2NO4. The van der Waals surface area contributed by atoms with Crippen molar-refractivity contribution in [2.75, 3.05) is 6.61 Å². The summed E-state index contributed by atoms with van der Waals surface area (Å²) >= 11 is 0. The number of esters is 1. The van der Waals surface area contributed by atoms with Crippen LogP contribution in [0, 0.1) is 0 Å². The second kappa shape index (κ2) is 7.12. The van der Waals surface area contributed by atoms with Gasteiger partial charge in [0, 0.05) is 22.7 Å². The van der Waals surface area contributed by atoms with Crippen molar-refractivity contribution >= 4 is 22.7 Å². The second-order valence-corrected chi connectivity index (χ2v) is 5.15. The van der Waals surface area contributed by atoms with E-state index in [1.165, 1.54) is 24.3 Å². The van der Waals surface area contributed by atoms with Gasteiger partial charge in [-0.1, -0.05) is 18.2 Å². The van der Waals surface area contributed by atoms with E-state index in [4.69, 9.17) is 4.74 Å². The van der Waals surface area contributed by atoms with Crippen LogP contribution in [-0.4, -0.2) is 30.0 Å². The number of hydrogen-bond acceptors (Lipinski definition) is 4. The number of ketones is 1. The Balaban J connectivity index is 1.63. The number of aromatic amines is 1. The molecule has 0 saturated carbocycles. The highest BCUT2D eigenvalue weighted by molar-refractivity contribution is 6.09. The van der Waals surface area contributed by atoms with Crippen LogP contribution >= 0.6 is 0 Å².